The predicted octanol–water partition coefficient (Wildman–Crippen LogP) is 2.69. The third kappa shape index (κ3) is 4.54. The second-order valence-corrected chi connectivity index (χ2v) is 11.5. The summed E-state index contributed by atoms with van der Waals surface area (Å²) in [4.78, 5) is 15.0. The fraction of sp³-hybridized carbons (Fsp3) is 0.682. The molecule has 6 nitrogen and oxygen atoms in total. The van der Waals surface area contributed by atoms with E-state index in [9.17, 15) is 26.4 Å². The monoisotopic (exact) mass is 474 g/mol. The lowest BCUT2D eigenvalue weighted by atomic mass is 9.95. The molecule has 2 aliphatic heterocycles. The van der Waals surface area contributed by atoms with Gasteiger partial charge in [0.1, 0.15) is 0 Å². The maximum absolute atomic E-state index is 13.6. The van der Waals surface area contributed by atoms with Crippen LogP contribution in [0.2, 0.25) is 0 Å². The van der Waals surface area contributed by atoms with Crippen LogP contribution in [0.3, 0.4) is 0 Å². The average molecular weight is 475 g/mol. The normalized spacial score (nSPS) is 27.4. The average Bonchev–Trinajstić information content (AvgIpc) is 3.17. The van der Waals surface area contributed by atoms with Crippen molar-refractivity contribution in [3.05, 3.63) is 34.9 Å². The summed E-state index contributed by atoms with van der Waals surface area (Å²) in [7, 11) is -3.73. The number of fused-ring (bicyclic) bond motifs is 1. The van der Waals surface area contributed by atoms with Gasteiger partial charge in [-0.25, -0.2) is 8.42 Å². The molecule has 1 aromatic carbocycles. The summed E-state index contributed by atoms with van der Waals surface area (Å²) < 4.78 is 69.0. The summed E-state index contributed by atoms with van der Waals surface area (Å²) in [5.74, 6) is -0.487. The van der Waals surface area contributed by atoms with Crippen LogP contribution in [0.25, 0.3) is 0 Å². The van der Waals surface area contributed by atoms with Gasteiger partial charge < -0.3 is 15.0 Å². The number of nitrogens with zero attached hydrogens (tertiary/aromatic N) is 1. The fourth-order valence-corrected chi connectivity index (χ4v) is 6.67. The fourth-order valence-electron chi connectivity index (χ4n) is 5.23. The Kier molecular flexibility index (Phi) is 6.32. The molecule has 1 unspecified atom stereocenters. The number of carbonyl (C=O) groups excluding carboxylic acids is 1. The number of amides is 1. The lowest BCUT2D eigenvalue weighted by molar-refractivity contribution is -0.137. The summed E-state index contributed by atoms with van der Waals surface area (Å²) >= 11 is 0. The SMILES string of the molecule is CS(=O)(=O)C1(C(=O)N2CCc3ccc(C(F)(F)F)cc3C2)CC[C@@H](NC2CCOCC2)C1. The molecule has 1 aromatic rings. The van der Waals surface area contributed by atoms with E-state index in [1.165, 1.54) is 11.0 Å². The van der Waals surface area contributed by atoms with Gasteiger partial charge in [-0.15, -0.1) is 0 Å². The maximum Gasteiger partial charge on any atom is 0.416 e. The van der Waals surface area contributed by atoms with Crippen LogP contribution < -0.4 is 5.32 Å². The number of hydrogen-bond acceptors (Lipinski definition) is 5. The van der Waals surface area contributed by atoms with E-state index in [2.05, 4.69) is 5.32 Å². The Hall–Kier alpha value is -1.65. The van der Waals surface area contributed by atoms with Gasteiger partial charge >= 0.3 is 6.18 Å². The van der Waals surface area contributed by atoms with E-state index in [1.807, 2.05) is 0 Å². The molecular weight excluding hydrogens is 445 g/mol. The minimum absolute atomic E-state index is 0.00653. The molecule has 0 aromatic heterocycles. The molecule has 3 aliphatic rings. The molecule has 2 atom stereocenters. The highest BCUT2D eigenvalue weighted by Gasteiger charge is 2.55. The highest BCUT2D eigenvalue weighted by atomic mass is 32.2. The molecule has 2 heterocycles. The number of carbonyl (C=O) groups is 1. The molecule has 1 amide bonds. The van der Waals surface area contributed by atoms with Crippen molar-refractivity contribution in [1.82, 2.24) is 10.2 Å². The highest BCUT2D eigenvalue weighted by Crippen LogP contribution is 2.40. The number of nitrogens with one attached hydrogen (secondary N) is 1. The molecule has 0 bridgehead atoms. The maximum atomic E-state index is 13.6. The topological polar surface area (TPSA) is 75.7 Å². The van der Waals surface area contributed by atoms with Crippen molar-refractivity contribution in [3.63, 3.8) is 0 Å². The first kappa shape index (κ1) is 23.5. The quantitative estimate of drug-likeness (QED) is 0.726. The Bertz CT molecular complexity index is 976. The summed E-state index contributed by atoms with van der Waals surface area (Å²) in [5.41, 5.74) is 0.434. The Morgan fingerprint density at radius 1 is 1.16 bits per heavy atom. The van der Waals surface area contributed by atoms with Gasteiger partial charge in [-0.05, 0) is 61.8 Å². The number of ether oxygens (including phenoxy) is 1. The molecule has 1 aliphatic carbocycles. The van der Waals surface area contributed by atoms with Crippen LogP contribution >= 0.6 is 0 Å². The van der Waals surface area contributed by atoms with E-state index in [-0.39, 0.29) is 31.5 Å². The van der Waals surface area contributed by atoms with Crippen LogP contribution in [0.1, 0.15) is 48.8 Å². The Labute approximate surface area is 186 Å². The number of rotatable bonds is 4. The van der Waals surface area contributed by atoms with E-state index in [1.54, 1.807) is 0 Å². The van der Waals surface area contributed by atoms with Crippen molar-refractivity contribution in [3.8, 4) is 0 Å². The number of hydrogen-bond donors (Lipinski definition) is 1. The molecule has 10 heteroatoms. The Balaban J connectivity index is 1.53. The van der Waals surface area contributed by atoms with Crippen LogP contribution in [0.4, 0.5) is 13.2 Å². The van der Waals surface area contributed by atoms with Crippen LogP contribution in [-0.2, 0) is 38.5 Å². The largest absolute Gasteiger partial charge is 0.416 e. The van der Waals surface area contributed by atoms with Crippen molar-refractivity contribution in [2.75, 3.05) is 26.0 Å². The van der Waals surface area contributed by atoms with Crippen LogP contribution in [0, 0.1) is 0 Å². The number of benzene rings is 1. The third-order valence-electron chi connectivity index (χ3n) is 7.10. The predicted molar refractivity (Wildman–Crippen MR) is 113 cm³/mol. The molecule has 0 radical (unpaired) electrons. The zero-order chi connectivity index (χ0) is 23.1. The van der Waals surface area contributed by atoms with Crippen molar-refractivity contribution in [1.29, 1.82) is 0 Å². The van der Waals surface area contributed by atoms with Crippen LogP contribution in [-0.4, -0.2) is 62.1 Å². The summed E-state index contributed by atoms with van der Waals surface area (Å²) in [6.07, 6.45) is -0.292. The van der Waals surface area contributed by atoms with Gasteiger partial charge in [0.2, 0.25) is 5.91 Å². The first-order valence-corrected chi connectivity index (χ1v) is 12.9. The number of alkyl halides is 3. The highest BCUT2D eigenvalue weighted by molar-refractivity contribution is 7.92. The number of halogens is 3. The smallest absolute Gasteiger partial charge is 0.381 e. The second kappa shape index (κ2) is 8.61. The van der Waals surface area contributed by atoms with Crippen molar-refractivity contribution < 1.29 is 31.1 Å². The molecule has 1 saturated heterocycles. The summed E-state index contributed by atoms with van der Waals surface area (Å²) in [6.45, 7) is 1.61. The molecule has 178 valence electrons. The first-order valence-electron chi connectivity index (χ1n) is 11.0. The van der Waals surface area contributed by atoms with Crippen LogP contribution in [0.5, 0.6) is 0 Å². The first-order chi connectivity index (χ1) is 15.0. The van der Waals surface area contributed by atoms with E-state index in [0.717, 1.165) is 36.8 Å². The second-order valence-electron chi connectivity index (χ2n) is 9.22. The summed E-state index contributed by atoms with van der Waals surface area (Å²) in [5, 5.41) is 3.50. The molecule has 4 rings (SSSR count). The standard InChI is InChI=1S/C22H29F3N2O4S/c1-32(29,30)21(8-4-19(13-21)26-18-6-10-31-11-7-18)20(28)27-9-5-15-2-3-17(22(23,24)25)12-16(15)14-27/h2-3,12,18-19,26H,4-11,13-14H2,1H3/t19-,21?/m1/s1. The zero-order valence-corrected chi connectivity index (χ0v) is 18.9. The van der Waals surface area contributed by atoms with Crippen LogP contribution in [0.15, 0.2) is 18.2 Å². The molecule has 1 N–H and O–H groups in total. The molecule has 1 saturated carbocycles. The van der Waals surface area contributed by atoms with Gasteiger partial charge in [0.25, 0.3) is 0 Å². The molecule has 2 fully saturated rings. The van der Waals surface area contributed by atoms with Gasteiger partial charge in [0.05, 0.1) is 5.56 Å². The van der Waals surface area contributed by atoms with E-state index < -0.39 is 32.2 Å². The lowest BCUT2D eigenvalue weighted by Gasteiger charge is -2.36. The molecule has 32 heavy (non-hydrogen) atoms. The van der Waals surface area contributed by atoms with Crippen molar-refractivity contribution in [2.24, 2.45) is 0 Å². The van der Waals surface area contributed by atoms with Gasteiger partial charge in [0.15, 0.2) is 14.6 Å². The van der Waals surface area contributed by atoms with Crippen molar-refractivity contribution in [2.45, 2.75) is 68.1 Å². The lowest BCUT2D eigenvalue weighted by Crippen LogP contribution is -2.54. The van der Waals surface area contributed by atoms with E-state index in [0.29, 0.717) is 38.2 Å². The zero-order valence-electron chi connectivity index (χ0n) is 18.1. The minimum atomic E-state index is -4.47. The Morgan fingerprint density at radius 2 is 1.88 bits per heavy atom. The Morgan fingerprint density at radius 3 is 2.53 bits per heavy atom. The summed E-state index contributed by atoms with van der Waals surface area (Å²) in [6, 6.07) is 3.73. The van der Waals surface area contributed by atoms with Gasteiger partial charge in [0, 0.05) is 44.6 Å². The molecule has 0 spiro atoms. The van der Waals surface area contributed by atoms with Gasteiger partial charge in [-0.1, -0.05) is 6.07 Å². The van der Waals surface area contributed by atoms with Gasteiger partial charge in [-0.3, -0.25) is 4.79 Å². The number of sulfone groups is 1. The van der Waals surface area contributed by atoms with Gasteiger partial charge in [-0.2, -0.15) is 13.2 Å². The van der Waals surface area contributed by atoms with E-state index in [4.69, 9.17) is 4.74 Å². The van der Waals surface area contributed by atoms with E-state index >= 15 is 0 Å². The van der Waals surface area contributed by atoms with Crippen molar-refractivity contribution >= 4 is 15.7 Å². The molecular formula is C22H29F3N2O4S. The minimum Gasteiger partial charge on any atom is -0.381 e. The third-order valence-corrected chi connectivity index (χ3v) is 9.06.